The Morgan fingerprint density at radius 2 is 1.77 bits per heavy atom. The summed E-state index contributed by atoms with van der Waals surface area (Å²) in [7, 11) is 1.69. The molecule has 1 aliphatic heterocycles. The highest BCUT2D eigenvalue weighted by atomic mass is 16.5. The van der Waals surface area contributed by atoms with E-state index in [1.807, 2.05) is 48.2 Å². The summed E-state index contributed by atoms with van der Waals surface area (Å²) < 4.78 is 17.0. The molecule has 0 spiro atoms. The zero-order valence-corrected chi connectivity index (χ0v) is 19.1. The van der Waals surface area contributed by atoms with Crippen LogP contribution in [0.2, 0.25) is 0 Å². The minimum atomic E-state index is 0.0489. The quantitative estimate of drug-likeness (QED) is 0.601. The topological polar surface area (TPSA) is 51.2 Å². The van der Waals surface area contributed by atoms with Crippen LogP contribution >= 0.6 is 0 Å². The minimum absolute atomic E-state index is 0.0489. The van der Waals surface area contributed by atoms with Gasteiger partial charge in [-0.05, 0) is 43.2 Å². The van der Waals surface area contributed by atoms with Crippen LogP contribution in [-0.4, -0.2) is 57.3 Å². The fourth-order valence-corrected chi connectivity index (χ4v) is 3.75. The molecule has 168 valence electrons. The zero-order valence-electron chi connectivity index (χ0n) is 19.1. The summed E-state index contributed by atoms with van der Waals surface area (Å²) in [6, 6.07) is 13.7. The molecule has 31 heavy (non-hydrogen) atoms. The average Bonchev–Trinajstić information content (AvgIpc) is 2.79. The number of hydrogen-bond donors (Lipinski definition) is 0. The van der Waals surface area contributed by atoms with Gasteiger partial charge < -0.3 is 24.0 Å². The lowest BCUT2D eigenvalue weighted by atomic mass is 10.1. The second-order valence-electron chi connectivity index (χ2n) is 8.12. The van der Waals surface area contributed by atoms with E-state index in [2.05, 4.69) is 24.8 Å². The van der Waals surface area contributed by atoms with Crippen LogP contribution in [0.3, 0.4) is 0 Å². The smallest absolute Gasteiger partial charge is 0.253 e. The molecule has 6 heteroatoms. The van der Waals surface area contributed by atoms with E-state index in [1.165, 1.54) is 0 Å². The van der Waals surface area contributed by atoms with Crippen LogP contribution in [0.1, 0.15) is 36.7 Å². The van der Waals surface area contributed by atoms with E-state index in [1.54, 1.807) is 7.11 Å². The largest absolute Gasteiger partial charge is 0.495 e. The van der Waals surface area contributed by atoms with E-state index >= 15 is 0 Å². The second-order valence-corrected chi connectivity index (χ2v) is 8.12. The number of hydrogen-bond acceptors (Lipinski definition) is 5. The molecule has 0 bridgehead atoms. The Morgan fingerprint density at radius 3 is 2.45 bits per heavy atom. The lowest BCUT2D eigenvalue weighted by Gasteiger charge is -2.36. The Hall–Kier alpha value is -2.73. The molecular formula is C25H34N2O4. The van der Waals surface area contributed by atoms with Gasteiger partial charge in [-0.3, -0.25) is 4.79 Å². The van der Waals surface area contributed by atoms with Gasteiger partial charge in [-0.15, -0.1) is 0 Å². The molecule has 0 saturated carbocycles. The molecule has 0 atom stereocenters. The first kappa shape index (κ1) is 22.9. The summed E-state index contributed by atoms with van der Waals surface area (Å²) in [5.74, 6) is 2.15. The van der Waals surface area contributed by atoms with Crippen molar-refractivity contribution in [1.82, 2.24) is 4.90 Å². The van der Waals surface area contributed by atoms with Crippen LogP contribution in [0.15, 0.2) is 42.5 Å². The van der Waals surface area contributed by atoms with Gasteiger partial charge in [0.05, 0.1) is 26.0 Å². The summed E-state index contributed by atoms with van der Waals surface area (Å²) >= 11 is 0. The van der Waals surface area contributed by atoms with E-state index in [0.717, 1.165) is 35.8 Å². The number of rotatable bonds is 9. The van der Waals surface area contributed by atoms with Gasteiger partial charge in [0.1, 0.15) is 11.5 Å². The highest BCUT2D eigenvalue weighted by Crippen LogP contribution is 2.29. The lowest BCUT2D eigenvalue weighted by Crippen LogP contribution is -2.48. The maximum Gasteiger partial charge on any atom is 0.253 e. The molecule has 6 nitrogen and oxygen atoms in total. The molecule has 3 rings (SSSR count). The van der Waals surface area contributed by atoms with Gasteiger partial charge in [-0.25, -0.2) is 0 Å². The first-order valence-electron chi connectivity index (χ1n) is 11.0. The Morgan fingerprint density at radius 1 is 1.03 bits per heavy atom. The van der Waals surface area contributed by atoms with E-state index in [4.69, 9.17) is 14.2 Å². The third kappa shape index (κ3) is 5.91. The van der Waals surface area contributed by atoms with E-state index in [-0.39, 0.29) is 5.91 Å². The monoisotopic (exact) mass is 426 g/mol. The predicted octanol–water partition coefficient (Wildman–Crippen LogP) is 4.23. The first-order chi connectivity index (χ1) is 15.0. The molecule has 2 aromatic carbocycles. The molecule has 1 heterocycles. The lowest BCUT2D eigenvalue weighted by molar-refractivity contribution is 0.0745. The van der Waals surface area contributed by atoms with Crippen LogP contribution in [0.5, 0.6) is 11.5 Å². The second kappa shape index (κ2) is 11.0. The fourth-order valence-electron chi connectivity index (χ4n) is 3.75. The first-order valence-corrected chi connectivity index (χ1v) is 11.0. The van der Waals surface area contributed by atoms with E-state index in [0.29, 0.717) is 44.4 Å². The van der Waals surface area contributed by atoms with Crippen LogP contribution < -0.4 is 14.4 Å². The maximum atomic E-state index is 13.2. The fraction of sp³-hybridized carbons (Fsp3) is 0.480. The number of anilines is 1. The summed E-state index contributed by atoms with van der Waals surface area (Å²) in [5.41, 5.74) is 2.67. The average molecular weight is 427 g/mol. The van der Waals surface area contributed by atoms with Crippen molar-refractivity contribution in [2.75, 3.05) is 51.4 Å². The Labute approximate surface area is 185 Å². The van der Waals surface area contributed by atoms with Crippen molar-refractivity contribution in [1.29, 1.82) is 0 Å². The molecule has 0 radical (unpaired) electrons. The molecule has 1 aliphatic rings. The number of ether oxygens (including phenoxy) is 3. The molecule has 1 amide bonds. The highest BCUT2D eigenvalue weighted by Gasteiger charge is 2.24. The third-order valence-electron chi connectivity index (χ3n) is 5.31. The number of piperazine rings is 1. The van der Waals surface area contributed by atoms with Crippen molar-refractivity contribution in [2.24, 2.45) is 5.92 Å². The van der Waals surface area contributed by atoms with Crippen LogP contribution in [0.25, 0.3) is 0 Å². The molecule has 1 fully saturated rings. The van der Waals surface area contributed by atoms with Gasteiger partial charge in [0, 0.05) is 43.9 Å². The minimum Gasteiger partial charge on any atom is -0.495 e. The van der Waals surface area contributed by atoms with Gasteiger partial charge in [0.2, 0.25) is 0 Å². The van der Waals surface area contributed by atoms with Crippen LogP contribution in [-0.2, 0) is 11.3 Å². The molecule has 2 aromatic rings. The Bertz CT molecular complexity index is 860. The number of carbonyl (C=O) groups excluding carboxylic acids is 1. The maximum absolute atomic E-state index is 13.2. The molecule has 0 unspecified atom stereocenters. The Balaban J connectivity index is 1.67. The van der Waals surface area contributed by atoms with Crippen molar-refractivity contribution in [2.45, 2.75) is 27.4 Å². The van der Waals surface area contributed by atoms with Crippen molar-refractivity contribution >= 4 is 11.6 Å². The molecule has 0 N–H and O–H groups in total. The number of para-hydroxylation sites is 2. The van der Waals surface area contributed by atoms with Crippen molar-refractivity contribution in [3.05, 3.63) is 53.6 Å². The zero-order chi connectivity index (χ0) is 22.2. The number of nitrogens with zero attached hydrogens (tertiary/aromatic N) is 2. The Kier molecular flexibility index (Phi) is 8.18. The number of methoxy groups -OCH3 is 1. The molecule has 1 saturated heterocycles. The normalized spacial score (nSPS) is 14.1. The molecule has 0 aromatic heterocycles. The summed E-state index contributed by atoms with van der Waals surface area (Å²) in [5, 5.41) is 0. The van der Waals surface area contributed by atoms with Crippen molar-refractivity contribution < 1.29 is 19.0 Å². The summed E-state index contributed by atoms with van der Waals surface area (Å²) in [6.45, 7) is 10.8. The van der Waals surface area contributed by atoms with Crippen LogP contribution in [0, 0.1) is 5.92 Å². The third-order valence-corrected chi connectivity index (χ3v) is 5.31. The standard InChI is InChI=1S/C25H34N2O4/c1-5-31-23-11-10-20(16-21(23)18-30-17-19(2)3)25(28)27-14-12-26(13-15-27)22-8-6-7-9-24(22)29-4/h6-11,16,19H,5,12-15,17-18H2,1-4H3. The van der Waals surface area contributed by atoms with Crippen molar-refractivity contribution in [3.63, 3.8) is 0 Å². The summed E-state index contributed by atoms with van der Waals surface area (Å²) in [6.07, 6.45) is 0. The predicted molar refractivity (Wildman–Crippen MR) is 123 cm³/mol. The van der Waals surface area contributed by atoms with Gasteiger partial charge in [-0.2, -0.15) is 0 Å². The van der Waals surface area contributed by atoms with Crippen LogP contribution in [0.4, 0.5) is 5.69 Å². The van der Waals surface area contributed by atoms with Gasteiger partial charge >= 0.3 is 0 Å². The van der Waals surface area contributed by atoms with E-state index in [9.17, 15) is 4.79 Å². The highest BCUT2D eigenvalue weighted by molar-refractivity contribution is 5.94. The molecule has 0 aliphatic carbocycles. The van der Waals surface area contributed by atoms with Crippen molar-refractivity contribution in [3.8, 4) is 11.5 Å². The van der Waals surface area contributed by atoms with Gasteiger partial charge in [-0.1, -0.05) is 26.0 Å². The molecular weight excluding hydrogens is 392 g/mol. The number of amides is 1. The number of carbonyl (C=O) groups is 1. The van der Waals surface area contributed by atoms with Gasteiger partial charge in [0.25, 0.3) is 5.91 Å². The summed E-state index contributed by atoms with van der Waals surface area (Å²) in [4.78, 5) is 17.4. The van der Waals surface area contributed by atoms with E-state index < -0.39 is 0 Å². The number of benzene rings is 2. The SMILES string of the molecule is CCOc1ccc(C(=O)N2CCN(c3ccccc3OC)CC2)cc1COCC(C)C. The van der Waals surface area contributed by atoms with Gasteiger partial charge in [0.15, 0.2) is 0 Å².